The topological polar surface area (TPSA) is 122 Å². The van der Waals surface area contributed by atoms with Crippen molar-refractivity contribution in [1.29, 1.82) is 0 Å². The highest BCUT2D eigenvalue weighted by molar-refractivity contribution is 5.93. The van der Waals surface area contributed by atoms with Crippen molar-refractivity contribution in [3.05, 3.63) is 24.2 Å². The zero-order chi connectivity index (χ0) is 26.8. The van der Waals surface area contributed by atoms with E-state index in [2.05, 4.69) is 0 Å². The first-order chi connectivity index (χ1) is 17.2. The number of ketones is 1. The Bertz CT molecular complexity index is 1200. The van der Waals surface area contributed by atoms with E-state index in [-0.39, 0.29) is 30.5 Å². The van der Waals surface area contributed by atoms with Gasteiger partial charge in [0.2, 0.25) is 0 Å². The zero-order valence-electron chi connectivity index (χ0n) is 22.1. The minimum Gasteiger partial charge on any atom is -0.472 e. The van der Waals surface area contributed by atoms with E-state index in [0.717, 1.165) is 5.56 Å². The minimum absolute atomic E-state index is 0.0263. The van der Waals surface area contributed by atoms with Gasteiger partial charge in [-0.25, -0.2) is 4.79 Å². The van der Waals surface area contributed by atoms with Crippen LogP contribution >= 0.6 is 0 Å². The molecule has 0 bridgehead atoms. The lowest BCUT2D eigenvalue weighted by atomic mass is 9.37. The molecule has 2 aliphatic carbocycles. The zero-order valence-corrected chi connectivity index (χ0v) is 22.1. The fourth-order valence-corrected chi connectivity index (χ4v) is 9.24. The maximum atomic E-state index is 14.4. The maximum Gasteiger partial charge on any atom is 0.339 e. The summed E-state index contributed by atoms with van der Waals surface area (Å²) in [7, 11) is 0. The first-order valence-electron chi connectivity index (χ1n) is 13.1. The standard InChI is InChI=1S/C28H34O9/c1-14(29)34-19-12-20(31)36-24(2,3)17-11-18(30)27(6)16(26(17,19)5)7-9-25(4)21(15-8-10-33-13-15)35-23(32)22-28(25,27)37-22/h8,10,13,16-17,19,21-22H,7,9,11-12H2,1-6H3/t16-,17+,19-,21+,22+,25-,26-,27+,28-/m1/s1. The van der Waals surface area contributed by atoms with Crippen molar-refractivity contribution in [2.24, 2.45) is 28.1 Å². The number of esters is 3. The molecule has 0 radical (unpaired) electrons. The number of carbonyl (C=O) groups is 4. The monoisotopic (exact) mass is 514 g/mol. The van der Waals surface area contributed by atoms with Crippen LogP contribution in [0, 0.1) is 28.1 Å². The molecule has 5 aliphatic rings. The van der Waals surface area contributed by atoms with Gasteiger partial charge in [-0.3, -0.25) is 14.4 Å². The lowest BCUT2D eigenvalue weighted by molar-refractivity contribution is -0.234. The van der Waals surface area contributed by atoms with E-state index in [4.69, 9.17) is 23.4 Å². The molecule has 9 heteroatoms. The number of hydrogen-bond donors (Lipinski definition) is 0. The summed E-state index contributed by atoms with van der Waals surface area (Å²) in [6.45, 7) is 11.0. The molecule has 1 aromatic rings. The molecule has 1 spiro atoms. The smallest absolute Gasteiger partial charge is 0.339 e. The van der Waals surface area contributed by atoms with E-state index in [9.17, 15) is 19.2 Å². The molecule has 37 heavy (non-hydrogen) atoms. The van der Waals surface area contributed by atoms with E-state index < -0.39 is 63.7 Å². The molecule has 9 atom stereocenters. The second-order valence-electron chi connectivity index (χ2n) is 12.7. The molecule has 200 valence electrons. The van der Waals surface area contributed by atoms with Crippen LogP contribution in [0.25, 0.3) is 0 Å². The molecule has 3 saturated heterocycles. The molecule has 0 N–H and O–H groups in total. The average Bonchev–Trinajstić information content (AvgIpc) is 3.38. The van der Waals surface area contributed by atoms with Gasteiger partial charge >= 0.3 is 17.9 Å². The number of carbonyl (C=O) groups excluding carboxylic acids is 4. The summed E-state index contributed by atoms with van der Waals surface area (Å²) in [5, 5.41) is 0. The molecule has 5 fully saturated rings. The first kappa shape index (κ1) is 24.6. The van der Waals surface area contributed by atoms with Gasteiger partial charge < -0.3 is 23.4 Å². The highest BCUT2D eigenvalue weighted by Gasteiger charge is 2.88. The molecule has 0 unspecified atom stereocenters. The van der Waals surface area contributed by atoms with Crippen molar-refractivity contribution in [3.8, 4) is 0 Å². The number of rotatable bonds is 2. The van der Waals surface area contributed by atoms with Crippen LogP contribution < -0.4 is 0 Å². The van der Waals surface area contributed by atoms with Gasteiger partial charge in [-0.1, -0.05) is 13.8 Å². The normalized spacial score (nSPS) is 47.7. The molecule has 0 aromatic carbocycles. The second kappa shape index (κ2) is 7.24. The molecule has 0 amide bonds. The quantitative estimate of drug-likeness (QED) is 0.330. The summed E-state index contributed by atoms with van der Waals surface area (Å²) in [5.74, 6) is -2.18. The number of hydrogen-bond acceptors (Lipinski definition) is 9. The fourth-order valence-electron chi connectivity index (χ4n) is 9.24. The minimum atomic E-state index is -1.09. The van der Waals surface area contributed by atoms with Crippen molar-refractivity contribution in [2.75, 3.05) is 0 Å². The van der Waals surface area contributed by atoms with Gasteiger partial charge in [0.25, 0.3) is 0 Å². The molecule has 1 aromatic heterocycles. The molecular weight excluding hydrogens is 480 g/mol. The summed E-state index contributed by atoms with van der Waals surface area (Å²) in [6, 6.07) is 1.78. The molecule has 6 rings (SSSR count). The van der Waals surface area contributed by atoms with Crippen LogP contribution in [-0.4, -0.2) is 47.1 Å². The third-order valence-corrected chi connectivity index (χ3v) is 10.8. The Morgan fingerprint density at radius 2 is 1.76 bits per heavy atom. The van der Waals surface area contributed by atoms with Crippen LogP contribution in [0.1, 0.15) is 78.9 Å². The summed E-state index contributed by atoms with van der Waals surface area (Å²) in [4.78, 5) is 52.7. The number of furan rings is 1. The van der Waals surface area contributed by atoms with Gasteiger partial charge in [0.15, 0.2) is 6.10 Å². The van der Waals surface area contributed by atoms with E-state index in [1.807, 2.05) is 34.6 Å². The number of ether oxygens (including phenoxy) is 4. The van der Waals surface area contributed by atoms with E-state index in [0.29, 0.717) is 12.8 Å². The lowest BCUT2D eigenvalue weighted by Crippen LogP contribution is -2.72. The number of cyclic esters (lactones) is 2. The summed E-state index contributed by atoms with van der Waals surface area (Å²) >= 11 is 0. The third kappa shape index (κ3) is 2.79. The van der Waals surface area contributed by atoms with Gasteiger partial charge in [0, 0.05) is 35.7 Å². The molecule has 3 aliphatic heterocycles. The van der Waals surface area contributed by atoms with Crippen molar-refractivity contribution in [2.45, 2.75) is 96.7 Å². The second-order valence-corrected chi connectivity index (χ2v) is 12.7. The highest BCUT2D eigenvalue weighted by Crippen LogP contribution is 2.78. The lowest BCUT2D eigenvalue weighted by Gasteiger charge is -2.66. The molecule has 2 saturated carbocycles. The third-order valence-electron chi connectivity index (χ3n) is 10.8. The molecule has 4 heterocycles. The van der Waals surface area contributed by atoms with E-state index in [1.54, 1.807) is 12.3 Å². The van der Waals surface area contributed by atoms with Gasteiger partial charge in [-0.2, -0.15) is 0 Å². The van der Waals surface area contributed by atoms with Crippen LogP contribution in [0.15, 0.2) is 23.0 Å². The van der Waals surface area contributed by atoms with Crippen molar-refractivity contribution >= 4 is 23.7 Å². The maximum absolute atomic E-state index is 14.4. The predicted molar refractivity (Wildman–Crippen MR) is 126 cm³/mol. The first-order valence-corrected chi connectivity index (χ1v) is 13.1. The van der Waals surface area contributed by atoms with Crippen molar-refractivity contribution < 1.29 is 42.5 Å². The van der Waals surface area contributed by atoms with Gasteiger partial charge in [-0.15, -0.1) is 0 Å². The Balaban J connectivity index is 1.54. The Labute approximate surface area is 215 Å². The summed E-state index contributed by atoms with van der Waals surface area (Å²) in [5.41, 5.74) is -3.88. The molecule has 9 nitrogen and oxygen atoms in total. The van der Waals surface area contributed by atoms with E-state index >= 15 is 0 Å². The van der Waals surface area contributed by atoms with Crippen molar-refractivity contribution in [1.82, 2.24) is 0 Å². The Morgan fingerprint density at radius 3 is 2.41 bits per heavy atom. The molecular formula is C28H34O9. The van der Waals surface area contributed by atoms with Crippen molar-refractivity contribution in [3.63, 3.8) is 0 Å². The summed E-state index contributed by atoms with van der Waals surface area (Å²) < 4.78 is 29.3. The van der Waals surface area contributed by atoms with Crippen LogP contribution in [0.4, 0.5) is 0 Å². The van der Waals surface area contributed by atoms with Gasteiger partial charge in [-0.05, 0) is 45.6 Å². The number of Topliss-reactive ketones (excluding diaryl/α,β-unsaturated/α-hetero) is 1. The predicted octanol–water partition coefficient (Wildman–Crippen LogP) is 3.69. The van der Waals surface area contributed by atoms with Gasteiger partial charge in [0.05, 0.1) is 24.4 Å². The van der Waals surface area contributed by atoms with Gasteiger partial charge in [0.1, 0.15) is 29.2 Å². The van der Waals surface area contributed by atoms with E-state index in [1.165, 1.54) is 13.2 Å². The average molecular weight is 515 g/mol. The SMILES string of the molecule is CC(=O)O[C@@H]1CC(=O)OC(C)(C)[C@@H]2CC(=O)[C@]3(C)[C@H](CC[C@]4(C)[C@H](c5ccoc5)OC(=O)[C@@H]5O[C@]543)[C@@]12C. The Hall–Kier alpha value is -2.68. The fraction of sp³-hybridized carbons (Fsp3) is 0.714. The van der Waals surface area contributed by atoms with Crippen LogP contribution in [0.3, 0.4) is 0 Å². The number of epoxide rings is 1. The highest BCUT2D eigenvalue weighted by atomic mass is 16.7. The Morgan fingerprint density at radius 1 is 1.03 bits per heavy atom. The van der Waals surface area contributed by atoms with Crippen LogP contribution in [0.5, 0.6) is 0 Å². The van der Waals surface area contributed by atoms with Crippen LogP contribution in [0.2, 0.25) is 0 Å². The number of fused-ring (bicyclic) bond motifs is 3. The summed E-state index contributed by atoms with van der Waals surface area (Å²) in [6.07, 6.45) is 2.06. The Kier molecular flexibility index (Phi) is 4.82. The van der Waals surface area contributed by atoms with Crippen LogP contribution in [-0.2, 0) is 38.1 Å². The largest absolute Gasteiger partial charge is 0.472 e.